The van der Waals surface area contributed by atoms with E-state index in [1.807, 2.05) is 0 Å². The van der Waals surface area contributed by atoms with Crippen molar-refractivity contribution in [1.29, 1.82) is 5.26 Å². The standard InChI is InChI=1S/C21H15F2N3O3/c22-16-6-5-13(18(23)8-16)10-25-21(29)14(9-24)7-15-11-26(12-20(27)28)19-4-2-1-3-17(15)19/h1-8,11H,10,12H2,(H,25,29)(H,27,28)/b14-7+. The maximum atomic E-state index is 13.7. The molecule has 2 N–H and O–H groups in total. The van der Waals surface area contributed by atoms with Crippen LogP contribution in [0.2, 0.25) is 0 Å². The SMILES string of the molecule is N#C/C(=C\c1cn(CC(=O)O)c2ccccc12)C(=O)NCc1ccc(F)cc1F. The second-order valence-electron chi connectivity index (χ2n) is 6.21. The van der Waals surface area contributed by atoms with E-state index in [1.54, 1.807) is 36.5 Å². The Balaban J connectivity index is 1.86. The van der Waals surface area contributed by atoms with Crippen molar-refractivity contribution < 1.29 is 23.5 Å². The number of aliphatic carboxylic acids is 1. The average Bonchev–Trinajstić information content (AvgIpc) is 3.02. The predicted molar refractivity (Wildman–Crippen MR) is 101 cm³/mol. The highest BCUT2D eigenvalue weighted by Gasteiger charge is 2.14. The highest BCUT2D eigenvalue weighted by Crippen LogP contribution is 2.23. The highest BCUT2D eigenvalue weighted by atomic mass is 19.1. The normalized spacial score (nSPS) is 11.3. The Morgan fingerprint density at radius 3 is 2.66 bits per heavy atom. The first-order valence-electron chi connectivity index (χ1n) is 8.52. The van der Waals surface area contributed by atoms with Crippen molar-refractivity contribution in [3.8, 4) is 6.07 Å². The summed E-state index contributed by atoms with van der Waals surface area (Å²) in [5.41, 5.74) is 0.995. The summed E-state index contributed by atoms with van der Waals surface area (Å²) in [5.74, 6) is -3.29. The van der Waals surface area contributed by atoms with Crippen molar-refractivity contribution in [3.05, 3.63) is 77.0 Å². The second kappa shape index (κ2) is 8.35. The van der Waals surface area contributed by atoms with E-state index in [0.717, 1.165) is 6.07 Å². The third-order valence-electron chi connectivity index (χ3n) is 4.24. The molecule has 2 aromatic carbocycles. The van der Waals surface area contributed by atoms with Gasteiger partial charge in [-0.25, -0.2) is 8.78 Å². The van der Waals surface area contributed by atoms with Crippen molar-refractivity contribution in [1.82, 2.24) is 9.88 Å². The Morgan fingerprint density at radius 1 is 1.21 bits per heavy atom. The number of benzene rings is 2. The number of carbonyl (C=O) groups is 2. The zero-order valence-electron chi connectivity index (χ0n) is 15.0. The quantitative estimate of drug-likeness (QED) is 0.495. The topological polar surface area (TPSA) is 95.1 Å². The van der Waals surface area contributed by atoms with E-state index in [0.29, 0.717) is 22.5 Å². The second-order valence-corrected chi connectivity index (χ2v) is 6.21. The molecule has 146 valence electrons. The number of carboxylic acids is 1. The fraction of sp³-hybridized carbons (Fsp3) is 0.0952. The molecule has 0 aliphatic carbocycles. The number of hydrogen-bond acceptors (Lipinski definition) is 3. The minimum atomic E-state index is -1.03. The molecule has 0 atom stereocenters. The summed E-state index contributed by atoms with van der Waals surface area (Å²) in [4.78, 5) is 23.4. The number of hydrogen-bond donors (Lipinski definition) is 2. The molecule has 0 bridgehead atoms. The van der Waals surface area contributed by atoms with E-state index in [4.69, 9.17) is 5.11 Å². The Morgan fingerprint density at radius 2 is 1.97 bits per heavy atom. The molecule has 0 saturated heterocycles. The summed E-state index contributed by atoms with van der Waals surface area (Å²) in [7, 11) is 0. The van der Waals surface area contributed by atoms with Crippen LogP contribution in [0.15, 0.2) is 54.2 Å². The van der Waals surface area contributed by atoms with Crippen LogP contribution in [0.1, 0.15) is 11.1 Å². The van der Waals surface area contributed by atoms with E-state index in [9.17, 15) is 23.6 Å². The molecule has 0 aliphatic rings. The number of halogens is 2. The molecule has 3 rings (SSSR count). The highest BCUT2D eigenvalue weighted by molar-refractivity contribution is 6.04. The molecule has 0 spiro atoms. The third kappa shape index (κ3) is 4.47. The van der Waals surface area contributed by atoms with Gasteiger partial charge in [0.1, 0.15) is 29.8 Å². The van der Waals surface area contributed by atoms with Crippen LogP contribution >= 0.6 is 0 Å². The largest absolute Gasteiger partial charge is 0.480 e. The molecule has 1 aromatic heterocycles. The molecule has 1 amide bonds. The van der Waals surface area contributed by atoms with Gasteiger partial charge in [0.25, 0.3) is 5.91 Å². The van der Waals surface area contributed by atoms with Crippen LogP contribution in [0.4, 0.5) is 8.78 Å². The molecule has 0 radical (unpaired) electrons. The molecule has 29 heavy (non-hydrogen) atoms. The van der Waals surface area contributed by atoms with Gasteiger partial charge in [-0.2, -0.15) is 5.26 Å². The van der Waals surface area contributed by atoms with E-state index in [2.05, 4.69) is 5.32 Å². The molecule has 3 aromatic rings. The molecule has 0 unspecified atom stereocenters. The van der Waals surface area contributed by atoms with Gasteiger partial charge < -0.3 is 15.0 Å². The molecule has 6 nitrogen and oxygen atoms in total. The fourth-order valence-corrected chi connectivity index (χ4v) is 2.91. The predicted octanol–water partition coefficient (Wildman–Crippen LogP) is 3.23. The van der Waals surface area contributed by atoms with Gasteiger partial charge in [-0.15, -0.1) is 0 Å². The first-order valence-corrected chi connectivity index (χ1v) is 8.52. The average molecular weight is 395 g/mol. The van der Waals surface area contributed by atoms with Gasteiger partial charge in [-0.1, -0.05) is 24.3 Å². The van der Waals surface area contributed by atoms with Crippen molar-refractivity contribution >= 4 is 28.9 Å². The first-order chi connectivity index (χ1) is 13.9. The van der Waals surface area contributed by atoms with Gasteiger partial charge in [0.2, 0.25) is 0 Å². The van der Waals surface area contributed by atoms with E-state index < -0.39 is 23.5 Å². The summed E-state index contributed by atoms with van der Waals surface area (Å²) >= 11 is 0. The zero-order valence-corrected chi connectivity index (χ0v) is 15.0. The van der Waals surface area contributed by atoms with Crippen molar-refractivity contribution in [2.24, 2.45) is 0 Å². The van der Waals surface area contributed by atoms with Gasteiger partial charge in [-0.05, 0) is 18.2 Å². The molecule has 0 saturated carbocycles. The van der Waals surface area contributed by atoms with Crippen LogP contribution in [-0.2, 0) is 22.7 Å². The summed E-state index contributed by atoms with van der Waals surface area (Å²) in [6.07, 6.45) is 2.89. The first kappa shape index (κ1) is 19.8. The van der Waals surface area contributed by atoms with Crippen LogP contribution in [0.5, 0.6) is 0 Å². The summed E-state index contributed by atoms with van der Waals surface area (Å²) in [6, 6.07) is 11.8. The Labute approximate surface area is 164 Å². The number of nitriles is 1. The molecular weight excluding hydrogens is 380 g/mol. The molecule has 1 heterocycles. The zero-order chi connectivity index (χ0) is 21.0. The lowest BCUT2D eigenvalue weighted by atomic mass is 10.1. The van der Waals surface area contributed by atoms with E-state index in [1.165, 1.54) is 16.7 Å². The van der Waals surface area contributed by atoms with Crippen molar-refractivity contribution in [2.75, 3.05) is 0 Å². The lowest BCUT2D eigenvalue weighted by molar-refractivity contribution is -0.137. The van der Waals surface area contributed by atoms with Crippen LogP contribution in [0.25, 0.3) is 17.0 Å². The van der Waals surface area contributed by atoms with Gasteiger partial charge in [-0.3, -0.25) is 9.59 Å². The van der Waals surface area contributed by atoms with Crippen molar-refractivity contribution in [2.45, 2.75) is 13.1 Å². The fourth-order valence-electron chi connectivity index (χ4n) is 2.91. The van der Waals surface area contributed by atoms with Gasteiger partial charge in [0.15, 0.2) is 0 Å². The number of nitrogens with one attached hydrogen (secondary N) is 1. The minimum Gasteiger partial charge on any atom is -0.480 e. The van der Waals surface area contributed by atoms with Crippen LogP contribution in [0.3, 0.4) is 0 Å². The monoisotopic (exact) mass is 395 g/mol. The lowest BCUT2D eigenvalue weighted by Gasteiger charge is -2.06. The van der Waals surface area contributed by atoms with Gasteiger partial charge in [0, 0.05) is 40.8 Å². The van der Waals surface area contributed by atoms with E-state index >= 15 is 0 Å². The lowest BCUT2D eigenvalue weighted by Crippen LogP contribution is -2.24. The summed E-state index contributed by atoms with van der Waals surface area (Å²) in [6.45, 7) is -0.489. The summed E-state index contributed by atoms with van der Waals surface area (Å²) in [5, 5.41) is 21.5. The number of fused-ring (bicyclic) bond motifs is 1. The number of para-hydroxylation sites is 1. The van der Waals surface area contributed by atoms with Gasteiger partial charge >= 0.3 is 5.97 Å². The molecule has 8 heteroatoms. The van der Waals surface area contributed by atoms with Crippen LogP contribution < -0.4 is 5.32 Å². The Hall–Kier alpha value is -3.99. The van der Waals surface area contributed by atoms with Crippen LogP contribution in [0, 0.1) is 23.0 Å². The maximum Gasteiger partial charge on any atom is 0.323 e. The Bertz CT molecular complexity index is 1180. The third-order valence-corrected chi connectivity index (χ3v) is 4.24. The number of amides is 1. The van der Waals surface area contributed by atoms with Crippen LogP contribution in [-0.4, -0.2) is 21.6 Å². The van der Waals surface area contributed by atoms with Crippen molar-refractivity contribution in [3.63, 3.8) is 0 Å². The number of carboxylic acid groups (broad SMARTS) is 1. The van der Waals surface area contributed by atoms with Gasteiger partial charge in [0.05, 0.1) is 0 Å². The smallest absolute Gasteiger partial charge is 0.323 e. The molecule has 0 fully saturated rings. The number of nitrogens with zero attached hydrogens (tertiary/aromatic N) is 2. The summed E-state index contributed by atoms with van der Waals surface area (Å²) < 4.78 is 28.2. The molecular formula is C21H15F2N3O3. The number of carbonyl (C=O) groups excluding carboxylic acids is 1. The number of aromatic nitrogens is 1. The molecule has 0 aliphatic heterocycles. The van der Waals surface area contributed by atoms with E-state index in [-0.39, 0.29) is 24.2 Å². The Kier molecular flexibility index (Phi) is 5.69. The number of rotatable bonds is 6. The maximum absolute atomic E-state index is 13.7. The minimum absolute atomic E-state index is 0.0788.